The number of nitriles is 1. The lowest BCUT2D eigenvalue weighted by Gasteiger charge is -2.39. The third kappa shape index (κ3) is 4.26. The molecule has 3 fully saturated rings. The monoisotopic (exact) mass is 422 g/mol. The summed E-state index contributed by atoms with van der Waals surface area (Å²) >= 11 is 0. The summed E-state index contributed by atoms with van der Waals surface area (Å²) in [6.07, 6.45) is 10.6. The van der Waals surface area contributed by atoms with Crippen LogP contribution >= 0.6 is 0 Å². The van der Waals surface area contributed by atoms with Crippen LogP contribution in [-0.4, -0.2) is 48.1 Å². The lowest BCUT2D eigenvalue weighted by Crippen LogP contribution is -2.50. The van der Waals surface area contributed by atoms with Gasteiger partial charge in [0.15, 0.2) is 0 Å². The number of amides is 1. The first-order chi connectivity index (χ1) is 15.1. The summed E-state index contributed by atoms with van der Waals surface area (Å²) in [5.74, 6) is -0.0594. The summed E-state index contributed by atoms with van der Waals surface area (Å²) in [7, 11) is 0. The Hall–Kier alpha value is -2.23. The second kappa shape index (κ2) is 8.72. The number of hydrogen-bond acceptors (Lipinski definition) is 4. The number of nitrogens with zero attached hydrogens (tertiary/aromatic N) is 2. The topological polar surface area (TPSA) is 68.2 Å². The molecule has 1 saturated heterocycles. The van der Waals surface area contributed by atoms with Gasteiger partial charge in [0.25, 0.3) is 0 Å². The molecule has 2 aliphatic carbocycles. The number of carbonyl (C=O) groups is 1. The predicted molar refractivity (Wildman–Crippen MR) is 118 cm³/mol. The molecule has 2 bridgehead atoms. The van der Waals surface area contributed by atoms with Crippen LogP contribution in [0.1, 0.15) is 56.1 Å². The van der Waals surface area contributed by atoms with Crippen molar-refractivity contribution < 1.29 is 9.18 Å². The molecule has 0 spiro atoms. The Kier molecular flexibility index (Phi) is 5.81. The van der Waals surface area contributed by atoms with E-state index >= 15 is 0 Å². The highest BCUT2D eigenvalue weighted by Gasteiger charge is 2.43. The maximum atomic E-state index is 14.9. The predicted octanol–water partition coefficient (Wildman–Crippen LogP) is 3.16. The molecule has 164 valence electrons. The summed E-state index contributed by atoms with van der Waals surface area (Å²) in [5.41, 5.74) is 2.61. The molecule has 2 N–H and O–H groups in total. The lowest BCUT2D eigenvalue weighted by atomic mass is 9.89. The van der Waals surface area contributed by atoms with Crippen molar-refractivity contribution in [1.82, 2.24) is 15.5 Å². The highest BCUT2D eigenvalue weighted by molar-refractivity contribution is 5.83. The fourth-order valence-electron chi connectivity index (χ4n) is 5.70. The first-order valence-corrected chi connectivity index (χ1v) is 11.8. The Morgan fingerprint density at radius 3 is 2.77 bits per heavy atom. The lowest BCUT2D eigenvalue weighted by molar-refractivity contribution is -0.124. The number of benzene rings is 1. The Labute approximate surface area is 183 Å². The summed E-state index contributed by atoms with van der Waals surface area (Å²) in [6.45, 7) is 1.99. The molecular formula is C25H31FN4O. The summed E-state index contributed by atoms with van der Waals surface area (Å²) in [6, 6.07) is 7.70. The SMILES string of the molecule is N#C[C@H](Cc1ccc(C2=CCN(C3CCC3)CC2)cc1F)NC(=O)[C@H]1N[C@@H]2CC[C@H]1C2. The normalized spacial score (nSPS) is 29.2. The van der Waals surface area contributed by atoms with Crippen LogP contribution in [0, 0.1) is 23.1 Å². The molecule has 0 unspecified atom stereocenters. The number of halogens is 1. The minimum absolute atomic E-state index is 0.126. The average molecular weight is 423 g/mol. The van der Waals surface area contributed by atoms with Crippen LogP contribution in [0.2, 0.25) is 0 Å². The van der Waals surface area contributed by atoms with Gasteiger partial charge in [0.2, 0.25) is 5.91 Å². The third-order valence-electron chi connectivity index (χ3n) is 7.79. The molecule has 1 aromatic rings. The number of carbonyl (C=O) groups excluding carboxylic acids is 1. The molecule has 2 aliphatic heterocycles. The number of piperidine rings is 1. The van der Waals surface area contributed by atoms with Crippen LogP contribution in [0.15, 0.2) is 24.3 Å². The molecule has 6 heteroatoms. The zero-order chi connectivity index (χ0) is 21.4. The first kappa shape index (κ1) is 20.7. The molecule has 5 rings (SSSR count). The summed E-state index contributed by atoms with van der Waals surface area (Å²) < 4.78 is 14.9. The number of hydrogen-bond donors (Lipinski definition) is 2. The second-order valence-electron chi connectivity index (χ2n) is 9.67. The molecule has 4 aliphatic rings. The van der Waals surface area contributed by atoms with Crippen molar-refractivity contribution in [1.29, 1.82) is 5.26 Å². The van der Waals surface area contributed by atoms with Gasteiger partial charge in [-0.15, -0.1) is 0 Å². The van der Waals surface area contributed by atoms with Crippen LogP contribution in [0.4, 0.5) is 4.39 Å². The van der Waals surface area contributed by atoms with Crippen molar-refractivity contribution in [3.63, 3.8) is 0 Å². The van der Waals surface area contributed by atoms with Gasteiger partial charge in [0.1, 0.15) is 11.9 Å². The minimum Gasteiger partial charge on any atom is -0.339 e. The van der Waals surface area contributed by atoms with E-state index in [0.717, 1.165) is 50.4 Å². The summed E-state index contributed by atoms with van der Waals surface area (Å²) in [4.78, 5) is 15.1. The van der Waals surface area contributed by atoms with Gasteiger partial charge in [-0.3, -0.25) is 9.69 Å². The molecule has 5 nitrogen and oxygen atoms in total. The van der Waals surface area contributed by atoms with Gasteiger partial charge in [0.05, 0.1) is 12.1 Å². The van der Waals surface area contributed by atoms with Gasteiger partial charge in [-0.05, 0) is 67.2 Å². The smallest absolute Gasteiger partial charge is 0.238 e. The number of fused-ring (bicyclic) bond motifs is 2. The quantitative estimate of drug-likeness (QED) is 0.739. The van der Waals surface area contributed by atoms with Gasteiger partial charge < -0.3 is 10.6 Å². The van der Waals surface area contributed by atoms with Crippen LogP contribution in [-0.2, 0) is 11.2 Å². The van der Waals surface area contributed by atoms with Crippen molar-refractivity contribution in [3.8, 4) is 6.07 Å². The fourth-order valence-corrected chi connectivity index (χ4v) is 5.70. The second-order valence-corrected chi connectivity index (χ2v) is 9.67. The van der Waals surface area contributed by atoms with E-state index in [4.69, 9.17) is 0 Å². The first-order valence-electron chi connectivity index (χ1n) is 11.8. The van der Waals surface area contributed by atoms with Crippen molar-refractivity contribution in [2.75, 3.05) is 13.1 Å². The van der Waals surface area contributed by atoms with E-state index in [1.54, 1.807) is 12.1 Å². The van der Waals surface area contributed by atoms with Crippen molar-refractivity contribution in [2.24, 2.45) is 5.92 Å². The third-order valence-corrected chi connectivity index (χ3v) is 7.79. The molecule has 4 atom stereocenters. The maximum absolute atomic E-state index is 14.9. The molecule has 1 amide bonds. The van der Waals surface area contributed by atoms with Gasteiger partial charge in [0, 0.05) is 31.6 Å². The summed E-state index contributed by atoms with van der Waals surface area (Å²) in [5, 5.41) is 15.7. The average Bonchev–Trinajstić information content (AvgIpc) is 3.37. The van der Waals surface area contributed by atoms with E-state index in [2.05, 4.69) is 27.7 Å². The maximum Gasteiger partial charge on any atom is 0.238 e. The number of rotatable bonds is 6. The highest BCUT2D eigenvalue weighted by Crippen LogP contribution is 2.35. The molecule has 31 heavy (non-hydrogen) atoms. The molecule has 2 saturated carbocycles. The molecular weight excluding hydrogens is 391 g/mol. The molecule has 1 aromatic carbocycles. The zero-order valence-corrected chi connectivity index (χ0v) is 17.9. The van der Waals surface area contributed by atoms with Gasteiger partial charge >= 0.3 is 0 Å². The van der Waals surface area contributed by atoms with Crippen LogP contribution in [0.5, 0.6) is 0 Å². The highest BCUT2D eigenvalue weighted by atomic mass is 19.1. The van der Waals surface area contributed by atoms with Gasteiger partial charge in [-0.25, -0.2) is 4.39 Å². The van der Waals surface area contributed by atoms with Crippen molar-refractivity contribution in [3.05, 3.63) is 41.2 Å². The van der Waals surface area contributed by atoms with Crippen LogP contribution in [0.25, 0.3) is 5.57 Å². The Bertz CT molecular complexity index is 919. The van der Waals surface area contributed by atoms with E-state index in [1.165, 1.54) is 24.8 Å². The Morgan fingerprint density at radius 2 is 2.19 bits per heavy atom. The number of nitrogens with one attached hydrogen (secondary N) is 2. The van der Waals surface area contributed by atoms with Gasteiger partial charge in [-0.1, -0.05) is 24.6 Å². The fraction of sp³-hybridized carbons (Fsp3) is 0.600. The van der Waals surface area contributed by atoms with Gasteiger partial charge in [-0.2, -0.15) is 5.26 Å². The van der Waals surface area contributed by atoms with E-state index in [1.807, 2.05) is 6.07 Å². The van der Waals surface area contributed by atoms with Crippen molar-refractivity contribution in [2.45, 2.75) is 75.5 Å². The Morgan fingerprint density at radius 1 is 1.32 bits per heavy atom. The van der Waals surface area contributed by atoms with E-state index in [9.17, 15) is 14.4 Å². The minimum atomic E-state index is -0.723. The molecule has 2 heterocycles. The van der Waals surface area contributed by atoms with Crippen LogP contribution in [0.3, 0.4) is 0 Å². The zero-order valence-electron chi connectivity index (χ0n) is 17.9. The standard InChI is InChI=1S/C25H31FN4O/c26-23-14-17(16-8-10-30(11-9-16)22-2-1-3-22)4-5-18(23)12-21(15-27)29-25(31)24-19-6-7-20(13-19)28-24/h4-5,8,14,19-22,24,28H,1-3,6-7,9-13H2,(H,29,31)/t19-,20+,21-,24-/m0/s1. The van der Waals surface area contributed by atoms with E-state index in [-0.39, 0.29) is 24.2 Å². The van der Waals surface area contributed by atoms with Crippen LogP contribution < -0.4 is 10.6 Å². The van der Waals surface area contributed by atoms with Crippen molar-refractivity contribution >= 4 is 11.5 Å². The molecule has 0 aromatic heterocycles. The van der Waals surface area contributed by atoms with E-state index < -0.39 is 6.04 Å². The van der Waals surface area contributed by atoms with E-state index in [0.29, 0.717) is 17.5 Å². The Balaban J connectivity index is 1.20. The molecule has 0 radical (unpaired) electrons. The largest absolute Gasteiger partial charge is 0.339 e.